The average molecular weight is 145 g/mol. The van der Waals surface area contributed by atoms with Gasteiger partial charge >= 0.3 is 6.03 Å². The van der Waals surface area contributed by atoms with Gasteiger partial charge in [-0.1, -0.05) is 0 Å². The van der Waals surface area contributed by atoms with Crippen molar-refractivity contribution in [2.75, 3.05) is 7.05 Å². The molecule has 0 radical (unpaired) electrons. The van der Waals surface area contributed by atoms with Crippen molar-refractivity contribution in [2.24, 2.45) is 5.29 Å². The van der Waals surface area contributed by atoms with Gasteiger partial charge in [0.1, 0.15) is 0 Å². The molecule has 6 nitrogen and oxygen atoms in total. The van der Waals surface area contributed by atoms with Crippen LogP contribution in [0.15, 0.2) is 5.29 Å². The summed E-state index contributed by atoms with van der Waals surface area (Å²) < 4.78 is 0. The van der Waals surface area contributed by atoms with E-state index in [0.717, 1.165) is 4.90 Å². The highest BCUT2D eigenvalue weighted by Gasteiger charge is 2.10. The van der Waals surface area contributed by atoms with Crippen molar-refractivity contribution in [1.29, 1.82) is 0 Å². The van der Waals surface area contributed by atoms with Crippen molar-refractivity contribution in [3.63, 3.8) is 0 Å². The summed E-state index contributed by atoms with van der Waals surface area (Å²) >= 11 is 0. The third-order valence-electron chi connectivity index (χ3n) is 0.918. The molecule has 10 heavy (non-hydrogen) atoms. The van der Waals surface area contributed by atoms with Gasteiger partial charge in [0.2, 0.25) is 5.91 Å². The fourth-order valence-corrected chi connectivity index (χ4v) is 0.257. The Bertz CT molecular complexity index is 167. The Labute approximate surface area is 57.1 Å². The molecule has 1 N–H and O–H groups in total. The highest BCUT2D eigenvalue weighted by Crippen LogP contribution is 1.83. The monoisotopic (exact) mass is 145 g/mol. The summed E-state index contributed by atoms with van der Waals surface area (Å²) in [6.07, 6.45) is 0. The summed E-state index contributed by atoms with van der Waals surface area (Å²) in [4.78, 5) is 31.0. The zero-order valence-electron chi connectivity index (χ0n) is 5.62. The molecule has 0 rings (SSSR count). The van der Waals surface area contributed by atoms with E-state index in [1.165, 1.54) is 14.0 Å². The Morgan fingerprint density at radius 3 is 2.30 bits per heavy atom. The largest absolute Gasteiger partial charge is 0.346 e. The Morgan fingerprint density at radius 1 is 1.50 bits per heavy atom. The van der Waals surface area contributed by atoms with E-state index in [-0.39, 0.29) is 0 Å². The van der Waals surface area contributed by atoms with Crippen molar-refractivity contribution >= 4 is 11.9 Å². The second-order valence-corrected chi connectivity index (χ2v) is 1.59. The number of hydrogen-bond acceptors (Lipinski definition) is 4. The fourth-order valence-electron chi connectivity index (χ4n) is 0.257. The van der Waals surface area contributed by atoms with E-state index in [0.29, 0.717) is 0 Å². The lowest BCUT2D eigenvalue weighted by Crippen LogP contribution is -2.37. The molecule has 56 valence electrons. The van der Waals surface area contributed by atoms with E-state index in [4.69, 9.17) is 0 Å². The minimum absolute atomic E-state index is 0.457. The number of carbonyl (C=O) groups is 2. The summed E-state index contributed by atoms with van der Waals surface area (Å²) in [6, 6.07) is -0.831. The number of imide groups is 1. The molecule has 0 aliphatic carbocycles. The maximum Gasteiger partial charge on any atom is 0.346 e. The highest BCUT2D eigenvalue weighted by molar-refractivity contribution is 5.92. The molecule has 3 amide bonds. The molecule has 0 spiro atoms. The summed E-state index contributed by atoms with van der Waals surface area (Å²) in [5, 5.41) is 2.10. The lowest BCUT2D eigenvalue weighted by atomic mass is 10.6. The van der Waals surface area contributed by atoms with Gasteiger partial charge in [-0.3, -0.25) is 9.69 Å². The van der Waals surface area contributed by atoms with Crippen LogP contribution in [0.4, 0.5) is 4.79 Å². The van der Waals surface area contributed by atoms with Crippen LogP contribution in [-0.4, -0.2) is 23.9 Å². The van der Waals surface area contributed by atoms with Crippen molar-refractivity contribution in [2.45, 2.75) is 6.92 Å². The third-order valence-corrected chi connectivity index (χ3v) is 0.918. The van der Waals surface area contributed by atoms with Crippen molar-refractivity contribution in [1.82, 2.24) is 10.3 Å². The van der Waals surface area contributed by atoms with Crippen LogP contribution in [0.3, 0.4) is 0 Å². The Morgan fingerprint density at radius 2 is 2.00 bits per heavy atom. The molecule has 0 bridgehead atoms. The van der Waals surface area contributed by atoms with Crippen LogP contribution in [0.25, 0.3) is 0 Å². The summed E-state index contributed by atoms with van der Waals surface area (Å²) in [6.45, 7) is 1.20. The standard InChI is InChI=1S/C4H7N3O3/c1-3(8)7(2)4(9)5-6-10/h1-2H3,(H,5,9,10). The van der Waals surface area contributed by atoms with Crippen LogP contribution < -0.4 is 5.43 Å². The van der Waals surface area contributed by atoms with Gasteiger partial charge in [0, 0.05) is 14.0 Å². The zero-order chi connectivity index (χ0) is 8.15. The summed E-state index contributed by atoms with van der Waals surface area (Å²) in [7, 11) is 1.24. The van der Waals surface area contributed by atoms with Crippen LogP contribution in [0.2, 0.25) is 0 Å². The third kappa shape index (κ3) is 2.21. The van der Waals surface area contributed by atoms with Crippen LogP contribution in [0.1, 0.15) is 6.92 Å². The number of carbonyl (C=O) groups excluding carboxylic acids is 2. The minimum Gasteiger partial charge on any atom is -0.275 e. The molecule has 0 heterocycles. The first-order valence-corrected chi connectivity index (χ1v) is 2.46. The molecule has 0 saturated carbocycles. The van der Waals surface area contributed by atoms with Gasteiger partial charge in [-0.25, -0.2) is 4.79 Å². The Balaban J connectivity index is 3.94. The lowest BCUT2D eigenvalue weighted by Gasteiger charge is -2.08. The minimum atomic E-state index is -0.831. The first-order valence-electron chi connectivity index (χ1n) is 2.46. The maximum atomic E-state index is 10.5. The van der Waals surface area contributed by atoms with Gasteiger partial charge in [-0.05, 0) is 0 Å². The van der Waals surface area contributed by atoms with Gasteiger partial charge in [-0.2, -0.15) is 5.43 Å². The SMILES string of the molecule is CC(=O)N(C)C(=O)NN=O. The smallest absolute Gasteiger partial charge is 0.275 e. The second kappa shape index (κ2) is 3.54. The van der Waals surface area contributed by atoms with Gasteiger partial charge in [0.15, 0.2) is 0 Å². The molecule has 6 heteroatoms. The van der Waals surface area contributed by atoms with E-state index in [1.807, 2.05) is 0 Å². The van der Waals surface area contributed by atoms with Crippen molar-refractivity contribution in [3.8, 4) is 0 Å². The molecule has 0 aromatic rings. The Hall–Kier alpha value is -1.46. The van der Waals surface area contributed by atoms with Crippen LogP contribution in [-0.2, 0) is 4.79 Å². The van der Waals surface area contributed by atoms with Gasteiger partial charge < -0.3 is 0 Å². The summed E-state index contributed by atoms with van der Waals surface area (Å²) in [5.41, 5.74) is 1.56. The fraction of sp³-hybridized carbons (Fsp3) is 0.500. The molecule has 0 aliphatic heterocycles. The van der Waals surface area contributed by atoms with E-state index in [9.17, 15) is 14.5 Å². The van der Waals surface area contributed by atoms with E-state index in [2.05, 4.69) is 5.29 Å². The Kier molecular flexibility index (Phi) is 3.03. The normalized spacial score (nSPS) is 8.20. The number of hydrogen-bond donors (Lipinski definition) is 1. The number of amides is 3. The average Bonchev–Trinajstić information content (AvgIpc) is 1.87. The highest BCUT2D eigenvalue weighted by atomic mass is 16.3. The topological polar surface area (TPSA) is 78.8 Å². The molecule has 0 saturated heterocycles. The molecular weight excluding hydrogens is 138 g/mol. The van der Waals surface area contributed by atoms with E-state index < -0.39 is 11.9 Å². The van der Waals surface area contributed by atoms with E-state index in [1.54, 1.807) is 5.43 Å². The van der Waals surface area contributed by atoms with Gasteiger partial charge in [0.25, 0.3) is 0 Å². The molecule has 0 fully saturated rings. The molecule has 0 atom stereocenters. The zero-order valence-corrected chi connectivity index (χ0v) is 5.62. The molecule has 0 aliphatic rings. The predicted molar refractivity (Wildman–Crippen MR) is 32.8 cm³/mol. The lowest BCUT2D eigenvalue weighted by molar-refractivity contribution is -0.124. The summed E-state index contributed by atoms with van der Waals surface area (Å²) in [5.74, 6) is -0.457. The van der Waals surface area contributed by atoms with Crippen molar-refractivity contribution < 1.29 is 9.59 Å². The number of rotatable bonds is 1. The number of urea groups is 1. The maximum absolute atomic E-state index is 10.5. The van der Waals surface area contributed by atoms with Crippen LogP contribution >= 0.6 is 0 Å². The molecule has 0 aromatic carbocycles. The van der Waals surface area contributed by atoms with Crippen molar-refractivity contribution in [3.05, 3.63) is 4.91 Å². The number of nitroso groups, excluding NO2 is 1. The van der Waals surface area contributed by atoms with Gasteiger partial charge in [-0.15, -0.1) is 4.91 Å². The first kappa shape index (κ1) is 8.54. The molecule has 0 unspecified atom stereocenters. The van der Waals surface area contributed by atoms with Gasteiger partial charge in [0.05, 0.1) is 5.29 Å². The predicted octanol–water partition coefficient (Wildman–Crippen LogP) is -0.144. The quantitative estimate of drug-likeness (QED) is 0.411. The first-order chi connectivity index (χ1) is 4.59. The molecular formula is C4H7N3O3. The van der Waals surface area contributed by atoms with E-state index >= 15 is 0 Å². The molecule has 0 aromatic heterocycles. The van der Waals surface area contributed by atoms with Crippen LogP contribution in [0.5, 0.6) is 0 Å². The van der Waals surface area contributed by atoms with Crippen LogP contribution in [0, 0.1) is 4.91 Å². The number of nitrogens with zero attached hydrogens (tertiary/aromatic N) is 2. The number of nitrogens with one attached hydrogen (secondary N) is 1. The second-order valence-electron chi connectivity index (χ2n) is 1.59.